The van der Waals surface area contributed by atoms with Gasteiger partial charge in [-0.3, -0.25) is 0 Å². The van der Waals surface area contributed by atoms with Crippen LogP contribution in [0.25, 0.3) is 11.0 Å². The van der Waals surface area contributed by atoms with Crippen molar-refractivity contribution < 1.29 is 4.42 Å². The molecule has 0 unspecified atom stereocenters. The Bertz CT molecular complexity index is 523. The molecular weight excluding hydrogens is 198 g/mol. The number of rotatable bonds is 2. The monoisotopic (exact) mass is 217 g/mol. The van der Waals surface area contributed by atoms with E-state index < -0.39 is 0 Å². The van der Waals surface area contributed by atoms with E-state index in [-0.39, 0.29) is 0 Å². The van der Waals surface area contributed by atoms with E-state index in [1.165, 1.54) is 22.1 Å². The van der Waals surface area contributed by atoms with Crippen LogP contribution in [0.2, 0.25) is 0 Å². The summed E-state index contributed by atoms with van der Waals surface area (Å²) in [5.74, 6) is 1.37. The normalized spacial score (nSPS) is 11.6. The smallest absolute Gasteiger partial charge is 0.134 e. The van der Waals surface area contributed by atoms with Crippen molar-refractivity contribution in [2.24, 2.45) is 5.73 Å². The first-order chi connectivity index (χ1) is 7.54. The van der Waals surface area contributed by atoms with Gasteiger partial charge in [0.1, 0.15) is 11.3 Å². The van der Waals surface area contributed by atoms with Gasteiger partial charge < -0.3 is 10.2 Å². The molecule has 2 rings (SSSR count). The second-order valence-electron chi connectivity index (χ2n) is 4.73. The summed E-state index contributed by atoms with van der Waals surface area (Å²) in [6, 6.07) is 4.32. The minimum Gasteiger partial charge on any atom is -0.459 e. The zero-order chi connectivity index (χ0) is 11.9. The average Bonchev–Trinajstić information content (AvgIpc) is 2.56. The van der Waals surface area contributed by atoms with Crippen molar-refractivity contribution in [3.05, 3.63) is 34.6 Å². The standard InChI is InChI=1S/C14H19NO/c1-8(2)14-11-5-9(3)10(4)6-12(11)16-13(14)7-15/h5-6,8H,7,15H2,1-4H3. The van der Waals surface area contributed by atoms with Crippen LogP contribution in [0.5, 0.6) is 0 Å². The minimum absolute atomic E-state index is 0.446. The highest BCUT2D eigenvalue weighted by molar-refractivity contribution is 5.84. The van der Waals surface area contributed by atoms with Crippen LogP contribution in [0.1, 0.15) is 42.2 Å². The summed E-state index contributed by atoms with van der Waals surface area (Å²) in [5.41, 5.74) is 10.5. The summed E-state index contributed by atoms with van der Waals surface area (Å²) < 4.78 is 5.82. The molecule has 0 amide bonds. The van der Waals surface area contributed by atoms with Gasteiger partial charge >= 0.3 is 0 Å². The zero-order valence-electron chi connectivity index (χ0n) is 10.4. The van der Waals surface area contributed by atoms with Crippen LogP contribution in [0, 0.1) is 13.8 Å². The van der Waals surface area contributed by atoms with Crippen molar-refractivity contribution in [1.82, 2.24) is 0 Å². The Kier molecular flexibility index (Phi) is 2.76. The number of furan rings is 1. The molecule has 2 N–H and O–H groups in total. The molecule has 2 nitrogen and oxygen atoms in total. The van der Waals surface area contributed by atoms with Crippen LogP contribution in [-0.4, -0.2) is 0 Å². The first-order valence-electron chi connectivity index (χ1n) is 5.77. The molecule has 1 heterocycles. The Balaban J connectivity index is 2.79. The number of hydrogen-bond donors (Lipinski definition) is 1. The zero-order valence-corrected chi connectivity index (χ0v) is 10.4. The highest BCUT2D eigenvalue weighted by Crippen LogP contribution is 2.33. The van der Waals surface area contributed by atoms with E-state index in [0.29, 0.717) is 12.5 Å². The summed E-state index contributed by atoms with van der Waals surface area (Å²) >= 11 is 0. The van der Waals surface area contributed by atoms with Gasteiger partial charge in [0, 0.05) is 10.9 Å². The molecule has 1 aromatic heterocycles. The van der Waals surface area contributed by atoms with Crippen LogP contribution in [0.4, 0.5) is 0 Å². The van der Waals surface area contributed by atoms with E-state index in [4.69, 9.17) is 10.2 Å². The molecule has 1 aromatic carbocycles. The molecule has 2 heteroatoms. The molecular formula is C14H19NO. The molecule has 0 radical (unpaired) electrons. The van der Waals surface area contributed by atoms with E-state index in [0.717, 1.165) is 11.3 Å². The summed E-state index contributed by atoms with van der Waals surface area (Å²) in [6.45, 7) is 9.07. The van der Waals surface area contributed by atoms with E-state index in [1.807, 2.05) is 0 Å². The summed E-state index contributed by atoms with van der Waals surface area (Å²) in [5, 5.41) is 1.22. The molecule has 0 atom stereocenters. The molecule has 0 spiro atoms. The number of nitrogens with two attached hydrogens (primary N) is 1. The fourth-order valence-electron chi connectivity index (χ4n) is 2.21. The lowest BCUT2D eigenvalue weighted by Crippen LogP contribution is -1.99. The topological polar surface area (TPSA) is 39.2 Å². The quantitative estimate of drug-likeness (QED) is 0.834. The fraction of sp³-hybridized carbons (Fsp3) is 0.429. The predicted octanol–water partition coefficient (Wildman–Crippen LogP) is 3.63. The van der Waals surface area contributed by atoms with Gasteiger partial charge in [0.05, 0.1) is 6.54 Å². The fourth-order valence-corrected chi connectivity index (χ4v) is 2.21. The predicted molar refractivity (Wildman–Crippen MR) is 67.7 cm³/mol. The van der Waals surface area contributed by atoms with Crippen molar-refractivity contribution in [2.45, 2.75) is 40.2 Å². The van der Waals surface area contributed by atoms with Crippen molar-refractivity contribution in [3.8, 4) is 0 Å². The van der Waals surface area contributed by atoms with Crippen LogP contribution < -0.4 is 5.73 Å². The Hall–Kier alpha value is -1.28. The second-order valence-corrected chi connectivity index (χ2v) is 4.73. The highest BCUT2D eigenvalue weighted by Gasteiger charge is 2.16. The largest absolute Gasteiger partial charge is 0.459 e. The van der Waals surface area contributed by atoms with Crippen LogP contribution >= 0.6 is 0 Å². The van der Waals surface area contributed by atoms with Gasteiger partial charge in [0.2, 0.25) is 0 Å². The van der Waals surface area contributed by atoms with Gasteiger partial charge in [0.25, 0.3) is 0 Å². The average molecular weight is 217 g/mol. The Labute approximate surface area is 96.4 Å². The Morgan fingerprint density at radius 2 is 1.81 bits per heavy atom. The van der Waals surface area contributed by atoms with Gasteiger partial charge in [-0.15, -0.1) is 0 Å². The minimum atomic E-state index is 0.446. The van der Waals surface area contributed by atoms with E-state index in [2.05, 4.69) is 39.8 Å². The maximum atomic E-state index is 5.82. The number of fused-ring (bicyclic) bond motifs is 1. The first kappa shape index (κ1) is 11.2. The van der Waals surface area contributed by atoms with Gasteiger partial charge in [-0.25, -0.2) is 0 Å². The highest BCUT2D eigenvalue weighted by atomic mass is 16.3. The third-order valence-corrected chi connectivity index (χ3v) is 3.18. The molecule has 0 aliphatic heterocycles. The van der Waals surface area contributed by atoms with E-state index in [9.17, 15) is 0 Å². The van der Waals surface area contributed by atoms with E-state index >= 15 is 0 Å². The molecule has 0 bridgehead atoms. The third kappa shape index (κ3) is 1.63. The lowest BCUT2D eigenvalue weighted by atomic mass is 9.97. The summed E-state index contributed by atoms with van der Waals surface area (Å²) in [6.07, 6.45) is 0. The Morgan fingerprint density at radius 3 is 2.38 bits per heavy atom. The van der Waals surface area contributed by atoms with Crippen LogP contribution in [0.15, 0.2) is 16.5 Å². The summed E-state index contributed by atoms with van der Waals surface area (Å²) in [4.78, 5) is 0. The first-order valence-corrected chi connectivity index (χ1v) is 5.77. The maximum Gasteiger partial charge on any atom is 0.134 e. The molecule has 0 fully saturated rings. The van der Waals surface area contributed by atoms with Gasteiger partial charge in [-0.05, 0) is 43.0 Å². The van der Waals surface area contributed by atoms with E-state index in [1.54, 1.807) is 0 Å². The Morgan fingerprint density at radius 1 is 1.19 bits per heavy atom. The number of aryl methyl sites for hydroxylation is 2. The maximum absolute atomic E-state index is 5.82. The van der Waals surface area contributed by atoms with Gasteiger partial charge in [0.15, 0.2) is 0 Å². The molecule has 16 heavy (non-hydrogen) atoms. The van der Waals surface area contributed by atoms with Crippen molar-refractivity contribution in [1.29, 1.82) is 0 Å². The summed E-state index contributed by atoms with van der Waals surface area (Å²) in [7, 11) is 0. The number of benzene rings is 1. The van der Waals surface area contributed by atoms with Crippen molar-refractivity contribution in [3.63, 3.8) is 0 Å². The second kappa shape index (κ2) is 3.95. The number of hydrogen-bond acceptors (Lipinski definition) is 2. The van der Waals surface area contributed by atoms with Gasteiger partial charge in [-0.1, -0.05) is 13.8 Å². The molecule has 0 aliphatic carbocycles. The van der Waals surface area contributed by atoms with Crippen LogP contribution in [0.3, 0.4) is 0 Å². The molecule has 0 aliphatic rings. The molecule has 2 aromatic rings. The SMILES string of the molecule is Cc1cc2oc(CN)c(C(C)C)c2cc1C. The van der Waals surface area contributed by atoms with Gasteiger partial charge in [-0.2, -0.15) is 0 Å². The third-order valence-electron chi connectivity index (χ3n) is 3.18. The lowest BCUT2D eigenvalue weighted by molar-refractivity contribution is 0.541. The molecule has 0 saturated heterocycles. The van der Waals surface area contributed by atoms with Crippen molar-refractivity contribution >= 4 is 11.0 Å². The van der Waals surface area contributed by atoms with Crippen LogP contribution in [-0.2, 0) is 6.54 Å². The molecule has 0 saturated carbocycles. The molecule has 86 valence electrons. The lowest BCUT2D eigenvalue weighted by Gasteiger charge is -2.05. The van der Waals surface area contributed by atoms with Crippen molar-refractivity contribution in [2.75, 3.05) is 0 Å².